The lowest BCUT2D eigenvalue weighted by Gasteiger charge is -2.24. The Morgan fingerprint density at radius 1 is 0.659 bits per heavy atom. The summed E-state index contributed by atoms with van der Waals surface area (Å²) in [6.45, 7) is 4.28. The molecule has 5 aromatic carbocycles. The molecule has 4 heteroatoms. The molecule has 1 amide bonds. The summed E-state index contributed by atoms with van der Waals surface area (Å²) in [6, 6.07) is 37.9. The van der Waals surface area contributed by atoms with Crippen molar-refractivity contribution in [3.63, 3.8) is 0 Å². The zero-order chi connectivity index (χ0) is 28.6. The zero-order valence-corrected chi connectivity index (χ0v) is 23.8. The number of benzene rings is 5. The number of hydrogen-bond acceptors (Lipinski definition) is 3. The van der Waals surface area contributed by atoms with Crippen molar-refractivity contribution in [1.29, 1.82) is 0 Å². The Morgan fingerprint density at radius 2 is 1.17 bits per heavy atom. The van der Waals surface area contributed by atoms with Crippen molar-refractivity contribution >= 4 is 33.4 Å². The van der Waals surface area contributed by atoms with Gasteiger partial charge in [-0.1, -0.05) is 129 Å². The Morgan fingerprint density at radius 3 is 1.73 bits per heavy atom. The van der Waals surface area contributed by atoms with Crippen LogP contribution in [0, 0.1) is 11.8 Å². The number of hydrogen-bond donors (Lipinski definition) is 1. The van der Waals surface area contributed by atoms with E-state index in [0.717, 1.165) is 38.2 Å². The Balaban J connectivity index is 1.42. The van der Waals surface area contributed by atoms with E-state index in [-0.39, 0.29) is 24.3 Å². The van der Waals surface area contributed by atoms with Gasteiger partial charge < -0.3 is 10.1 Å². The molecule has 0 unspecified atom stereocenters. The van der Waals surface area contributed by atoms with Gasteiger partial charge >= 0.3 is 5.97 Å². The van der Waals surface area contributed by atoms with E-state index in [1.54, 1.807) is 0 Å². The van der Waals surface area contributed by atoms with Crippen LogP contribution >= 0.6 is 0 Å². The summed E-state index contributed by atoms with van der Waals surface area (Å²) in [5, 5.41) is 7.70. The molecular formula is C37H37NO3. The first-order valence-corrected chi connectivity index (χ1v) is 14.4. The lowest BCUT2D eigenvalue weighted by atomic mass is 9.87. The molecule has 5 rings (SSSR count). The Labute approximate surface area is 242 Å². The van der Waals surface area contributed by atoms with Crippen LogP contribution in [-0.4, -0.2) is 17.9 Å². The highest BCUT2D eigenvalue weighted by Crippen LogP contribution is 2.26. The van der Waals surface area contributed by atoms with Gasteiger partial charge in [0, 0.05) is 5.92 Å². The molecule has 208 valence electrons. The van der Waals surface area contributed by atoms with Crippen LogP contribution in [0.15, 0.2) is 115 Å². The molecule has 5 aromatic rings. The molecule has 0 heterocycles. The van der Waals surface area contributed by atoms with Gasteiger partial charge in [0.2, 0.25) is 5.91 Å². The molecule has 41 heavy (non-hydrogen) atoms. The van der Waals surface area contributed by atoms with Gasteiger partial charge in [0.25, 0.3) is 0 Å². The fourth-order valence-corrected chi connectivity index (χ4v) is 5.53. The average molecular weight is 544 g/mol. The van der Waals surface area contributed by atoms with Crippen molar-refractivity contribution in [2.45, 2.75) is 45.8 Å². The van der Waals surface area contributed by atoms with Gasteiger partial charge in [-0.25, -0.2) is 4.79 Å². The Bertz CT molecular complexity index is 1530. The van der Waals surface area contributed by atoms with Gasteiger partial charge in [-0.05, 0) is 63.4 Å². The number of fused-ring (bicyclic) bond motifs is 2. The predicted molar refractivity (Wildman–Crippen MR) is 166 cm³/mol. The van der Waals surface area contributed by atoms with E-state index in [1.807, 2.05) is 80.6 Å². The number of ether oxygens (including phenoxy) is 1. The largest absolute Gasteiger partial charge is 0.459 e. The van der Waals surface area contributed by atoms with E-state index in [1.165, 1.54) is 0 Å². The van der Waals surface area contributed by atoms with Gasteiger partial charge in [-0.15, -0.1) is 0 Å². The van der Waals surface area contributed by atoms with Crippen LogP contribution < -0.4 is 5.32 Å². The summed E-state index contributed by atoms with van der Waals surface area (Å²) in [5.74, 6) is -0.694. The van der Waals surface area contributed by atoms with Crippen molar-refractivity contribution in [2.24, 2.45) is 11.8 Å². The van der Waals surface area contributed by atoms with Gasteiger partial charge in [0.1, 0.15) is 12.6 Å². The highest BCUT2D eigenvalue weighted by molar-refractivity contribution is 5.90. The number of carbonyl (C=O) groups excluding carboxylic acids is 2. The number of nitrogens with one attached hydrogen (secondary N) is 1. The van der Waals surface area contributed by atoms with E-state index in [9.17, 15) is 9.59 Å². The molecule has 4 nitrogen and oxygen atoms in total. The second-order valence-corrected chi connectivity index (χ2v) is 11.2. The maximum absolute atomic E-state index is 14.1. The highest BCUT2D eigenvalue weighted by Gasteiger charge is 2.28. The standard InChI is InChI=1S/C37H37NO3/c1-26(2)22-35(37(40)41-25-27-12-4-3-5-13-27)38-36(39)32(23-30-18-10-16-28-14-6-8-20-33(28)30)24-31-19-11-17-29-15-7-9-21-34(29)31/h3-21,26,32,35H,22-25H2,1-2H3,(H,38,39)/t35-/m0/s1. The third-order valence-electron chi connectivity index (χ3n) is 7.60. The minimum Gasteiger partial charge on any atom is -0.459 e. The first-order valence-electron chi connectivity index (χ1n) is 14.4. The van der Waals surface area contributed by atoms with E-state index < -0.39 is 12.0 Å². The SMILES string of the molecule is CC(C)C[C@H](NC(=O)C(Cc1cccc2ccccc12)Cc1cccc2ccccc12)C(=O)OCc1ccccc1. The van der Waals surface area contributed by atoms with E-state index >= 15 is 0 Å². The van der Waals surface area contributed by atoms with Gasteiger partial charge in [0.15, 0.2) is 0 Å². The minimum absolute atomic E-state index is 0.131. The molecule has 0 aromatic heterocycles. The lowest BCUT2D eigenvalue weighted by molar-refractivity contribution is -0.150. The first kappa shape index (κ1) is 28.1. The summed E-state index contributed by atoms with van der Waals surface area (Å²) >= 11 is 0. The monoisotopic (exact) mass is 543 g/mol. The Kier molecular flexibility index (Phi) is 9.10. The minimum atomic E-state index is -0.714. The quantitative estimate of drug-likeness (QED) is 0.174. The molecule has 1 atom stereocenters. The van der Waals surface area contributed by atoms with Crippen LogP contribution in [0.1, 0.15) is 37.0 Å². The maximum atomic E-state index is 14.1. The van der Waals surface area contributed by atoms with Crippen LogP contribution in [-0.2, 0) is 33.8 Å². The maximum Gasteiger partial charge on any atom is 0.328 e. The summed E-state index contributed by atoms with van der Waals surface area (Å²) in [5.41, 5.74) is 3.16. The molecule has 0 fully saturated rings. The molecule has 0 saturated carbocycles. The fourth-order valence-electron chi connectivity index (χ4n) is 5.53. The molecule has 0 aliphatic rings. The normalized spacial score (nSPS) is 12.1. The molecule has 1 N–H and O–H groups in total. The number of amides is 1. The second kappa shape index (κ2) is 13.3. The predicted octanol–water partition coefficient (Wildman–Crippen LogP) is 7.67. The van der Waals surface area contributed by atoms with E-state index in [2.05, 4.69) is 53.8 Å². The number of esters is 1. The first-order chi connectivity index (χ1) is 20.0. The van der Waals surface area contributed by atoms with Crippen LogP contribution in [0.25, 0.3) is 21.5 Å². The summed E-state index contributed by atoms with van der Waals surface area (Å²) < 4.78 is 5.67. The van der Waals surface area contributed by atoms with Crippen molar-refractivity contribution < 1.29 is 14.3 Å². The fraction of sp³-hybridized carbons (Fsp3) is 0.243. The van der Waals surface area contributed by atoms with Gasteiger partial charge in [-0.3, -0.25) is 4.79 Å². The van der Waals surface area contributed by atoms with E-state index in [0.29, 0.717) is 19.3 Å². The zero-order valence-electron chi connectivity index (χ0n) is 23.8. The van der Waals surface area contributed by atoms with E-state index in [4.69, 9.17) is 4.74 Å². The van der Waals surface area contributed by atoms with Gasteiger partial charge in [0.05, 0.1) is 0 Å². The molecule has 0 spiro atoms. The lowest BCUT2D eigenvalue weighted by Crippen LogP contribution is -2.46. The van der Waals surface area contributed by atoms with Crippen molar-refractivity contribution in [3.8, 4) is 0 Å². The van der Waals surface area contributed by atoms with Gasteiger partial charge in [-0.2, -0.15) is 0 Å². The second-order valence-electron chi connectivity index (χ2n) is 11.2. The summed E-state index contributed by atoms with van der Waals surface area (Å²) in [7, 11) is 0. The third kappa shape index (κ3) is 7.20. The smallest absolute Gasteiger partial charge is 0.328 e. The number of carbonyl (C=O) groups is 2. The number of rotatable bonds is 11. The summed E-state index contributed by atoms with van der Waals surface area (Å²) in [4.78, 5) is 27.3. The van der Waals surface area contributed by atoms with Crippen LogP contribution in [0.4, 0.5) is 0 Å². The molecule has 0 saturated heterocycles. The average Bonchev–Trinajstić information content (AvgIpc) is 2.99. The van der Waals surface area contributed by atoms with Crippen LogP contribution in [0.3, 0.4) is 0 Å². The summed E-state index contributed by atoms with van der Waals surface area (Å²) in [6.07, 6.45) is 1.63. The van der Waals surface area contributed by atoms with Crippen molar-refractivity contribution in [2.75, 3.05) is 0 Å². The topological polar surface area (TPSA) is 55.4 Å². The highest BCUT2D eigenvalue weighted by atomic mass is 16.5. The van der Waals surface area contributed by atoms with Crippen LogP contribution in [0.5, 0.6) is 0 Å². The molecule has 0 aliphatic carbocycles. The Hall–Kier alpha value is -4.44. The van der Waals surface area contributed by atoms with Crippen molar-refractivity contribution in [1.82, 2.24) is 5.32 Å². The third-order valence-corrected chi connectivity index (χ3v) is 7.60. The molecular weight excluding hydrogens is 506 g/mol. The molecule has 0 aliphatic heterocycles. The van der Waals surface area contributed by atoms with Crippen molar-refractivity contribution in [3.05, 3.63) is 132 Å². The molecule has 0 bridgehead atoms. The van der Waals surface area contributed by atoms with Crippen LogP contribution in [0.2, 0.25) is 0 Å². The molecule has 0 radical (unpaired) electrons.